The van der Waals surface area contributed by atoms with E-state index in [1.165, 1.54) is 12.1 Å². The maximum atomic E-state index is 12.6. The van der Waals surface area contributed by atoms with Crippen molar-refractivity contribution in [3.05, 3.63) is 59.7 Å². The number of hydrogen-bond acceptors (Lipinski definition) is 5. The topological polar surface area (TPSA) is 65.0 Å². The van der Waals surface area contributed by atoms with E-state index in [1.807, 2.05) is 58.0 Å². The summed E-state index contributed by atoms with van der Waals surface area (Å²) in [6.45, 7) is 7.93. The second kappa shape index (κ2) is 6.78. The highest BCUT2D eigenvalue weighted by Gasteiger charge is 2.52. The molecule has 0 spiro atoms. The lowest BCUT2D eigenvalue weighted by molar-refractivity contribution is 0.00578. The molecule has 5 nitrogen and oxygen atoms in total. The van der Waals surface area contributed by atoms with Gasteiger partial charge < -0.3 is 19.2 Å². The van der Waals surface area contributed by atoms with Gasteiger partial charge in [-0.2, -0.15) is 0 Å². The number of carbonyl (C=O) groups excluding carboxylic acids is 1. The summed E-state index contributed by atoms with van der Waals surface area (Å²) >= 11 is 0. The van der Waals surface area contributed by atoms with Crippen LogP contribution in [0.3, 0.4) is 0 Å². The minimum atomic E-state index is -0.708. The number of aromatic hydroxyl groups is 1. The van der Waals surface area contributed by atoms with E-state index in [9.17, 15) is 9.90 Å². The molecule has 0 atom stereocenters. The van der Waals surface area contributed by atoms with Crippen molar-refractivity contribution in [3.8, 4) is 5.75 Å². The quantitative estimate of drug-likeness (QED) is 0.675. The van der Waals surface area contributed by atoms with Crippen molar-refractivity contribution in [2.75, 3.05) is 0 Å². The zero-order valence-corrected chi connectivity index (χ0v) is 15.5. The molecule has 2 aromatic carbocycles. The third-order valence-electron chi connectivity index (χ3n) is 4.98. The molecule has 3 rings (SSSR count). The highest BCUT2D eigenvalue weighted by molar-refractivity contribution is 6.63. The number of rotatable bonds is 4. The molecule has 0 aliphatic carbocycles. The maximum Gasteiger partial charge on any atom is 0.495 e. The highest BCUT2D eigenvalue weighted by Crippen LogP contribution is 2.36. The largest absolute Gasteiger partial charge is 0.508 e. The van der Waals surface area contributed by atoms with Crippen molar-refractivity contribution in [3.63, 3.8) is 0 Å². The predicted octanol–water partition coefficient (Wildman–Crippen LogP) is 3.05. The summed E-state index contributed by atoms with van der Waals surface area (Å²) in [6.07, 6.45) is 0. The van der Waals surface area contributed by atoms with E-state index in [1.54, 1.807) is 6.07 Å². The lowest BCUT2D eigenvalue weighted by atomic mass is 9.76. The van der Waals surface area contributed by atoms with Crippen LogP contribution in [0, 0.1) is 0 Å². The number of benzene rings is 2. The highest BCUT2D eigenvalue weighted by atomic mass is 16.7. The van der Waals surface area contributed by atoms with E-state index in [0.717, 1.165) is 5.56 Å². The Bertz CT molecular complexity index is 785. The fourth-order valence-corrected chi connectivity index (χ4v) is 2.70. The molecule has 1 saturated heterocycles. The summed E-state index contributed by atoms with van der Waals surface area (Å²) in [5.41, 5.74) is 0.610. The minimum Gasteiger partial charge on any atom is -0.508 e. The Kier molecular flexibility index (Phi) is 4.82. The standard InChI is InChI=1S/C20H23BO5/c1-19(2)20(3,4)26-21(25-19)17-11-10-15(22)12-16(17)18(23)24-13-14-8-6-5-7-9-14/h5-12,22H,13H2,1-4H3. The second-order valence-electron chi connectivity index (χ2n) is 7.42. The van der Waals surface area contributed by atoms with Crippen molar-refractivity contribution in [2.24, 2.45) is 0 Å². The average molecular weight is 354 g/mol. The van der Waals surface area contributed by atoms with Gasteiger partial charge in [0.05, 0.1) is 16.8 Å². The van der Waals surface area contributed by atoms with Crippen LogP contribution in [0.4, 0.5) is 0 Å². The zero-order valence-electron chi connectivity index (χ0n) is 15.5. The van der Waals surface area contributed by atoms with Gasteiger partial charge in [-0.05, 0) is 50.9 Å². The molecule has 1 aliphatic rings. The molecule has 0 amide bonds. The first-order chi connectivity index (χ1) is 12.2. The smallest absolute Gasteiger partial charge is 0.495 e. The summed E-state index contributed by atoms with van der Waals surface area (Å²) in [5.74, 6) is -0.550. The number of phenolic OH excluding ortho intramolecular Hbond substituents is 1. The number of ether oxygens (including phenoxy) is 1. The SMILES string of the molecule is CC1(C)OB(c2ccc(O)cc2C(=O)OCc2ccccc2)OC1(C)C. The molecular weight excluding hydrogens is 331 g/mol. The normalized spacial score (nSPS) is 17.9. The maximum absolute atomic E-state index is 12.6. The first-order valence-electron chi connectivity index (χ1n) is 8.59. The predicted molar refractivity (Wildman–Crippen MR) is 99.4 cm³/mol. The molecule has 6 heteroatoms. The van der Waals surface area contributed by atoms with Gasteiger partial charge in [0.25, 0.3) is 0 Å². The van der Waals surface area contributed by atoms with E-state index >= 15 is 0 Å². The van der Waals surface area contributed by atoms with Crippen LogP contribution in [-0.2, 0) is 20.7 Å². The molecule has 1 N–H and O–H groups in total. The fourth-order valence-electron chi connectivity index (χ4n) is 2.70. The van der Waals surface area contributed by atoms with Crippen LogP contribution in [0.15, 0.2) is 48.5 Å². The van der Waals surface area contributed by atoms with Gasteiger partial charge >= 0.3 is 13.1 Å². The van der Waals surface area contributed by atoms with E-state index in [2.05, 4.69) is 0 Å². The van der Waals surface area contributed by atoms with Crippen molar-refractivity contribution < 1.29 is 23.9 Å². The van der Waals surface area contributed by atoms with Crippen molar-refractivity contribution in [1.29, 1.82) is 0 Å². The molecule has 1 aliphatic heterocycles. The van der Waals surface area contributed by atoms with Gasteiger partial charge in [0.2, 0.25) is 0 Å². The van der Waals surface area contributed by atoms with Crippen molar-refractivity contribution in [2.45, 2.75) is 45.5 Å². The van der Waals surface area contributed by atoms with Gasteiger partial charge in [-0.1, -0.05) is 36.4 Å². The average Bonchev–Trinajstić information content (AvgIpc) is 2.81. The summed E-state index contributed by atoms with van der Waals surface area (Å²) in [6, 6.07) is 14.0. The van der Waals surface area contributed by atoms with Crippen LogP contribution in [0.2, 0.25) is 0 Å². The van der Waals surface area contributed by atoms with Crippen LogP contribution < -0.4 is 5.46 Å². The lowest BCUT2D eigenvalue weighted by Gasteiger charge is -2.32. The van der Waals surface area contributed by atoms with Gasteiger partial charge in [0.1, 0.15) is 12.4 Å². The minimum absolute atomic E-state index is 0.0167. The molecule has 1 fully saturated rings. The molecule has 0 radical (unpaired) electrons. The van der Waals surface area contributed by atoms with E-state index < -0.39 is 24.3 Å². The van der Waals surface area contributed by atoms with Gasteiger partial charge in [-0.15, -0.1) is 0 Å². The van der Waals surface area contributed by atoms with Gasteiger partial charge in [-0.3, -0.25) is 0 Å². The lowest BCUT2D eigenvalue weighted by Crippen LogP contribution is -2.41. The Hall–Kier alpha value is -2.31. The van der Waals surface area contributed by atoms with Gasteiger partial charge in [0, 0.05) is 0 Å². The molecule has 26 heavy (non-hydrogen) atoms. The number of hydrogen-bond donors (Lipinski definition) is 1. The molecular formula is C20H23BO5. The third-order valence-corrected chi connectivity index (χ3v) is 4.98. The third kappa shape index (κ3) is 3.62. The van der Waals surface area contributed by atoms with Crippen molar-refractivity contribution >= 4 is 18.6 Å². The Morgan fingerprint density at radius 2 is 1.65 bits per heavy atom. The van der Waals surface area contributed by atoms with Crippen LogP contribution in [0.25, 0.3) is 0 Å². The Morgan fingerprint density at radius 1 is 1.04 bits per heavy atom. The van der Waals surface area contributed by atoms with Crippen molar-refractivity contribution in [1.82, 2.24) is 0 Å². The first kappa shape index (κ1) is 18.5. The number of phenols is 1. The summed E-state index contributed by atoms with van der Waals surface area (Å²) in [5, 5.41) is 9.83. The molecule has 2 aromatic rings. The van der Waals surface area contributed by atoms with E-state index in [0.29, 0.717) is 5.46 Å². The van der Waals surface area contributed by atoms with Crippen LogP contribution in [-0.4, -0.2) is 29.4 Å². The Balaban J connectivity index is 1.84. The summed E-state index contributed by atoms with van der Waals surface area (Å²) < 4.78 is 17.5. The van der Waals surface area contributed by atoms with Gasteiger partial charge in [0.15, 0.2) is 0 Å². The molecule has 0 bridgehead atoms. The van der Waals surface area contributed by atoms with E-state index in [-0.39, 0.29) is 17.9 Å². The molecule has 0 saturated carbocycles. The fraction of sp³-hybridized carbons (Fsp3) is 0.350. The zero-order chi connectivity index (χ0) is 18.9. The monoisotopic (exact) mass is 354 g/mol. The van der Waals surface area contributed by atoms with Crippen LogP contribution in [0.5, 0.6) is 5.75 Å². The number of esters is 1. The van der Waals surface area contributed by atoms with Crippen LogP contribution >= 0.6 is 0 Å². The van der Waals surface area contributed by atoms with Crippen LogP contribution in [0.1, 0.15) is 43.6 Å². The first-order valence-corrected chi connectivity index (χ1v) is 8.59. The molecule has 1 heterocycles. The second-order valence-corrected chi connectivity index (χ2v) is 7.42. The van der Waals surface area contributed by atoms with Gasteiger partial charge in [-0.25, -0.2) is 4.79 Å². The van der Waals surface area contributed by atoms with E-state index in [4.69, 9.17) is 14.0 Å². The molecule has 0 unspecified atom stereocenters. The molecule has 0 aromatic heterocycles. The Labute approximate surface area is 154 Å². The summed E-state index contributed by atoms with van der Waals surface area (Å²) in [4.78, 5) is 12.6. The summed E-state index contributed by atoms with van der Waals surface area (Å²) in [7, 11) is -0.708. The Morgan fingerprint density at radius 3 is 2.27 bits per heavy atom. The molecule has 136 valence electrons. The number of carbonyl (C=O) groups is 1.